The molecule has 0 aliphatic heterocycles. The Morgan fingerprint density at radius 1 is 1.00 bits per heavy atom. The summed E-state index contributed by atoms with van der Waals surface area (Å²) in [5.41, 5.74) is 7.67. The van der Waals surface area contributed by atoms with Crippen molar-refractivity contribution in [2.24, 2.45) is 5.10 Å². The molecule has 5 heteroatoms. The summed E-state index contributed by atoms with van der Waals surface area (Å²) in [5.74, 6) is -0.251. The van der Waals surface area contributed by atoms with Crippen LogP contribution in [0.3, 0.4) is 0 Å². The summed E-state index contributed by atoms with van der Waals surface area (Å²) in [6.45, 7) is 2.87. The number of hydrogen-bond donors (Lipinski definition) is 1. The number of amides is 1. The summed E-state index contributed by atoms with van der Waals surface area (Å²) in [4.78, 5) is 12.4. The second-order valence-corrected chi connectivity index (χ2v) is 7.62. The number of halogens is 1. The van der Waals surface area contributed by atoms with Gasteiger partial charge in [0.1, 0.15) is 0 Å². The molecule has 4 aromatic rings. The number of para-hydroxylation sites is 1. The van der Waals surface area contributed by atoms with Crippen LogP contribution in [0.5, 0.6) is 0 Å². The molecule has 4 nitrogen and oxygen atoms in total. The van der Waals surface area contributed by atoms with Crippen molar-refractivity contribution in [3.63, 3.8) is 0 Å². The van der Waals surface area contributed by atoms with Gasteiger partial charge in [0.25, 0.3) is 5.91 Å². The van der Waals surface area contributed by atoms with Gasteiger partial charge in [-0.1, -0.05) is 60.7 Å². The molecule has 0 bridgehead atoms. The number of rotatable bonds is 5. The van der Waals surface area contributed by atoms with Gasteiger partial charge in [-0.3, -0.25) is 4.79 Å². The summed E-state index contributed by atoms with van der Waals surface area (Å²) < 4.78 is 3.02. The van der Waals surface area contributed by atoms with Crippen LogP contribution in [0.4, 0.5) is 0 Å². The average Bonchev–Trinajstić information content (AvgIpc) is 3.01. The predicted octanol–water partition coefficient (Wildman–Crippen LogP) is 5.52. The van der Waals surface area contributed by atoms with Gasteiger partial charge in [-0.25, -0.2) is 5.43 Å². The van der Waals surface area contributed by atoms with Crippen LogP contribution < -0.4 is 5.43 Å². The standard InChI is InChI=1S/C24H20BrN3O/c1-17-21(15-26-27-24(29)20-12-5-7-13-22(20)25)19-11-6-8-14-23(19)28(17)16-18-9-3-2-4-10-18/h2-15H,16H2,1H3,(H,27,29)/b26-15-. The highest BCUT2D eigenvalue weighted by Gasteiger charge is 2.13. The van der Waals surface area contributed by atoms with Gasteiger partial charge >= 0.3 is 0 Å². The minimum Gasteiger partial charge on any atom is -0.340 e. The Morgan fingerprint density at radius 2 is 1.69 bits per heavy atom. The van der Waals surface area contributed by atoms with Crippen LogP contribution in [0.1, 0.15) is 27.2 Å². The molecule has 0 unspecified atom stereocenters. The highest BCUT2D eigenvalue weighted by molar-refractivity contribution is 9.10. The summed E-state index contributed by atoms with van der Waals surface area (Å²) in [5, 5.41) is 5.34. The number of carbonyl (C=O) groups excluding carboxylic acids is 1. The van der Waals surface area contributed by atoms with E-state index < -0.39 is 0 Å². The first-order valence-corrected chi connectivity index (χ1v) is 10.1. The molecule has 144 valence electrons. The van der Waals surface area contributed by atoms with Crippen LogP contribution >= 0.6 is 15.9 Å². The van der Waals surface area contributed by atoms with Crippen molar-refractivity contribution in [1.82, 2.24) is 9.99 Å². The zero-order valence-corrected chi connectivity index (χ0v) is 17.6. The van der Waals surface area contributed by atoms with Crippen molar-refractivity contribution in [2.75, 3.05) is 0 Å². The number of nitrogens with one attached hydrogen (secondary N) is 1. The molecule has 1 amide bonds. The lowest BCUT2D eigenvalue weighted by Gasteiger charge is -2.08. The molecule has 0 aliphatic rings. The maximum Gasteiger partial charge on any atom is 0.272 e. The SMILES string of the molecule is Cc1c(/C=N\NC(=O)c2ccccc2Br)c2ccccc2n1Cc1ccccc1. The minimum atomic E-state index is -0.251. The van der Waals surface area contributed by atoms with Gasteiger partial charge in [0.05, 0.1) is 11.8 Å². The summed E-state index contributed by atoms with van der Waals surface area (Å²) >= 11 is 3.40. The number of nitrogens with zero attached hydrogens (tertiary/aromatic N) is 2. The lowest BCUT2D eigenvalue weighted by molar-refractivity contribution is 0.0954. The van der Waals surface area contributed by atoms with E-state index in [1.165, 1.54) is 5.56 Å². The summed E-state index contributed by atoms with van der Waals surface area (Å²) in [6.07, 6.45) is 1.73. The molecule has 0 atom stereocenters. The Morgan fingerprint density at radius 3 is 2.48 bits per heavy atom. The van der Waals surface area contributed by atoms with E-state index >= 15 is 0 Å². The minimum absolute atomic E-state index is 0.251. The van der Waals surface area contributed by atoms with E-state index in [0.717, 1.165) is 33.2 Å². The van der Waals surface area contributed by atoms with Gasteiger partial charge in [-0.15, -0.1) is 0 Å². The Hall–Kier alpha value is -3.18. The lowest BCUT2D eigenvalue weighted by atomic mass is 10.1. The Kier molecular flexibility index (Phi) is 5.58. The van der Waals surface area contributed by atoms with Crippen LogP contribution in [0.25, 0.3) is 10.9 Å². The quantitative estimate of drug-likeness (QED) is 0.318. The number of benzene rings is 3. The van der Waals surface area contributed by atoms with Crippen molar-refractivity contribution in [2.45, 2.75) is 13.5 Å². The molecule has 0 fully saturated rings. The molecule has 0 spiro atoms. The van der Waals surface area contributed by atoms with E-state index in [0.29, 0.717) is 5.56 Å². The monoisotopic (exact) mass is 445 g/mol. The zero-order chi connectivity index (χ0) is 20.2. The maximum atomic E-state index is 12.4. The van der Waals surface area contributed by atoms with Crippen LogP contribution in [0.2, 0.25) is 0 Å². The van der Waals surface area contributed by atoms with Gasteiger partial charge in [-0.05, 0) is 46.6 Å². The fraction of sp³-hybridized carbons (Fsp3) is 0.0833. The van der Waals surface area contributed by atoms with Crippen molar-refractivity contribution < 1.29 is 4.79 Å². The van der Waals surface area contributed by atoms with Gasteiger partial charge < -0.3 is 4.57 Å². The molecule has 1 heterocycles. The van der Waals surface area contributed by atoms with E-state index in [2.05, 4.69) is 74.3 Å². The van der Waals surface area contributed by atoms with E-state index in [1.54, 1.807) is 12.3 Å². The van der Waals surface area contributed by atoms with Gasteiger partial charge in [-0.2, -0.15) is 5.10 Å². The first kappa shape index (κ1) is 19.2. The third-order valence-corrected chi connectivity index (χ3v) is 5.63. The molecule has 29 heavy (non-hydrogen) atoms. The molecule has 1 aromatic heterocycles. The Labute approximate surface area is 178 Å². The van der Waals surface area contributed by atoms with Crippen LogP contribution in [0, 0.1) is 6.92 Å². The zero-order valence-electron chi connectivity index (χ0n) is 16.0. The fourth-order valence-corrected chi connectivity index (χ4v) is 3.92. The number of carbonyl (C=O) groups is 1. The molecular weight excluding hydrogens is 426 g/mol. The number of hydrogen-bond acceptors (Lipinski definition) is 2. The molecule has 0 saturated carbocycles. The molecule has 0 saturated heterocycles. The second kappa shape index (κ2) is 8.45. The molecule has 0 radical (unpaired) electrons. The van der Waals surface area contributed by atoms with E-state index in [9.17, 15) is 4.79 Å². The highest BCUT2D eigenvalue weighted by Crippen LogP contribution is 2.25. The van der Waals surface area contributed by atoms with Crippen LogP contribution in [-0.4, -0.2) is 16.7 Å². The molecule has 1 N–H and O–H groups in total. The third-order valence-electron chi connectivity index (χ3n) is 4.94. The highest BCUT2D eigenvalue weighted by atomic mass is 79.9. The average molecular weight is 446 g/mol. The third kappa shape index (κ3) is 4.00. The van der Waals surface area contributed by atoms with E-state index in [4.69, 9.17) is 0 Å². The van der Waals surface area contributed by atoms with Crippen molar-refractivity contribution >= 4 is 39.0 Å². The van der Waals surface area contributed by atoms with E-state index in [1.807, 2.05) is 36.4 Å². The van der Waals surface area contributed by atoms with Gasteiger partial charge in [0.15, 0.2) is 0 Å². The molecular formula is C24H20BrN3O. The number of fused-ring (bicyclic) bond motifs is 1. The summed E-state index contributed by atoms with van der Waals surface area (Å²) in [7, 11) is 0. The lowest BCUT2D eigenvalue weighted by Crippen LogP contribution is -2.18. The largest absolute Gasteiger partial charge is 0.340 e. The smallest absolute Gasteiger partial charge is 0.272 e. The molecule has 0 aliphatic carbocycles. The van der Waals surface area contributed by atoms with E-state index in [-0.39, 0.29) is 5.91 Å². The Bertz CT molecular complexity index is 1200. The second-order valence-electron chi connectivity index (χ2n) is 6.77. The van der Waals surface area contributed by atoms with Crippen molar-refractivity contribution in [3.05, 3.63) is 106 Å². The normalized spacial score (nSPS) is 11.2. The maximum absolute atomic E-state index is 12.4. The molecule has 4 rings (SSSR count). The number of aromatic nitrogens is 1. The van der Waals surface area contributed by atoms with Crippen LogP contribution in [0.15, 0.2) is 88.4 Å². The summed E-state index contributed by atoms with van der Waals surface area (Å²) in [6, 6.07) is 25.9. The number of hydrazone groups is 1. The molecule has 3 aromatic carbocycles. The fourth-order valence-electron chi connectivity index (χ4n) is 3.45. The first-order chi connectivity index (χ1) is 14.1. The van der Waals surface area contributed by atoms with Gasteiger partial charge in [0.2, 0.25) is 0 Å². The van der Waals surface area contributed by atoms with Crippen LogP contribution in [-0.2, 0) is 6.54 Å². The first-order valence-electron chi connectivity index (χ1n) is 9.35. The Balaban J connectivity index is 1.64. The van der Waals surface area contributed by atoms with Gasteiger partial charge in [0, 0.05) is 33.2 Å². The predicted molar refractivity (Wildman–Crippen MR) is 121 cm³/mol. The topological polar surface area (TPSA) is 46.4 Å². The van der Waals surface area contributed by atoms with Crippen molar-refractivity contribution in [3.8, 4) is 0 Å². The van der Waals surface area contributed by atoms with Crippen molar-refractivity contribution in [1.29, 1.82) is 0 Å².